The van der Waals surface area contributed by atoms with Gasteiger partial charge in [0.05, 0.1) is 31.8 Å². The average Bonchev–Trinajstić information content (AvgIpc) is 3.10. The molecule has 0 saturated carbocycles. The van der Waals surface area contributed by atoms with Gasteiger partial charge in [-0.3, -0.25) is 4.79 Å². The zero-order valence-electron chi connectivity index (χ0n) is 15.4. The van der Waals surface area contributed by atoms with E-state index in [0.717, 1.165) is 40.7 Å². The van der Waals surface area contributed by atoms with Gasteiger partial charge in [0.1, 0.15) is 5.58 Å². The number of para-hydroxylation sites is 1. The summed E-state index contributed by atoms with van der Waals surface area (Å²) in [7, 11) is -1.67. The van der Waals surface area contributed by atoms with E-state index in [1.165, 1.54) is 5.56 Å². The van der Waals surface area contributed by atoms with E-state index >= 15 is 0 Å². The van der Waals surface area contributed by atoms with Gasteiger partial charge >= 0.3 is 7.12 Å². The molecule has 144 valence electrons. The predicted octanol–water partition coefficient (Wildman–Crippen LogP) is 1.79. The molecule has 0 spiro atoms. The number of ether oxygens (including phenoxy) is 1. The Balaban J connectivity index is 1.43. The molecular formula is C21H22BNO5. The second kappa shape index (κ2) is 8.18. The summed E-state index contributed by atoms with van der Waals surface area (Å²) in [6.45, 7) is 1.29. The van der Waals surface area contributed by atoms with Crippen molar-refractivity contribution < 1.29 is 24.0 Å². The first-order chi connectivity index (χ1) is 13.6. The SMILES string of the molecule is O=C(Cc1ccc2c(c1)COCC2)NC(Cc1coc2ccccc12)B(O)O. The fourth-order valence-corrected chi connectivity index (χ4v) is 3.63. The molecule has 2 aromatic carbocycles. The summed E-state index contributed by atoms with van der Waals surface area (Å²) in [6, 6.07) is 13.5. The van der Waals surface area contributed by atoms with Crippen molar-refractivity contribution in [2.75, 3.05) is 6.61 Å². The fraction of sp³-hybridized carbons (Fsp3) is 0.286. The monoisotopic (exact) mass is 379 g/mol. The van der Waals surface area contributed by atoms with Crippen LogP contribution in [0.2, 0.25) is 0 Å². The van der Waals surface area contributed by atoms with Crippen molar-refractivity contribution in [1.29, 1.82) is 0 Å². The topological polar surface area (TPSA) is 91.9 Å². The van der Waals surface area contributed by atoms with Crippen molar-refractivity contribution in [1.82, 2.24) is 5.32 Å². The van der Waals surface area contributed by atoms with E-state index in [1.54, 1.807) is 6.26 Å². The maximum atomic E-state index is 12.5. The number of carbonyl (C=O) groups excluding carboxylic acids is 1. The number of benzene rings is 2. The van der Waals surface area contributed by atoms with Crippen LogP contribution in [0.4, 0.5) is 0 Å². The van der Waals surface area contributed by atoms with Crippen LogP contribution in [-0.2, 0) is 35.4 Å². The number of fused-ring (bicyclic) bond motifs is 2. The first-order valence-corrected chi connectivity index (χ1v) is 9.39. The van der Waals surface area contributed by atoms with Crippen molar-refractivity contribution in [2.45, 2.75) is 31.8 Å². The molecule has 0 bridgehead atoms. The molecule has 0 fully saturated rings. The fourth-order valence-electron chi connectivity index (χ4n) is 3.63. The van der Waals surface area contributed by atoms with E-state index in [2.05, 4.69) is 5.32 Å². The van der Waals surface area contributed by atoms with Gasteiger partial charge in [0.2, 0.25) is 5.91 Å². The number of rotatable bonds is 6. The second-order valence-electron chi connectivity index (χ2n) is 7.13. The van der Waals surface area contributed by atoms with Crippen LogP contribution in [0.15, 0.2) is 53.1 Å². The molecule has 28 heavy (non-hydrogen) atoms. The van der Waals surface area contributed by atoms with Crippen molar-refractivity contribution >= 4 is 24.0 Å². The van der Waals surface area contributed by atoms with Crippen LogP contribution in [0.1, 0.15) is 22.3 Å². The molecule has 1 atom stereocenters. The van der Waals surface area contributed by atoms with Gasteiger partial charge in [0, 0.05) is 5.39 Å². The smallest absolute Gasteiger partial charge is 0.464 e. The summed E-state index contributed by atoms with van der Waals surface area (Å²) >= 11 is 0. The molecule has 2 heterocycles. The van der Waals surface area contributed by atoms with Gasteiger partial charge in [0.15, 0.2) is 0 Å². The zero-order valence-corrected chi connectivity index (χ0v) is 15.4. The molecule has 0 saturated heterocycles. The van der Waals surface area contributed by atoms with E-state index in [1.807, 2.05) is 42.5 Å². The normalized spacial score (nSPS) is 14.5. The van der Waals surface area contributed by atoms with Crippen LogP contribution in [0.5, 0.6) is 0 Å². The summed E-state index contributed by atoms with van der Waals surface area (Å²) in [5, 5.41) is 23.1. The molecule has 1 aromatic heterocycles. The molecule has 0 aliphatic carbocycles. The Hall–Kier alpha value is -2.61. The summed E-state index contributed by atoms with van der Waals surface area (Å²) in [5.41, 5.74) is 4.79. The third-order valence-corrected chi connectivity index (χ3v) is 5.12. The molecule has 1 unspecified atom stereocenters. The largest absolute Gasteiger partial charge is 0.475 e. The Labute approximate surface area is 163 Å². The lowest BCUT2D eigenvalue weighted by molar-refractivity contribution is -0.120. The summed E-state index contributed by atoms with van der Waals surface area (Å²) < 4.78 is 11.0. The molecule has 4 rings (SSSR count). The van der Waals surface area contributed by atoms with Crippen LogP contribution >= 0.6 is 0 Å². The molecule has 6 nitrogen and oxygen atoms in total. The standard InChI is InChI=1S/C21H22BNO5/c24-21(10-14-5-6-15-7-8-27-12-16(15)9-14)23-20(22(25)26)11-17-13-28-19-4-2-1-3-18(17)19/h1-6,9,13,20,25-26H,7-8,10-12H2,(H,23,24). The maximum Gasteiger partial charge on any atom is 0.475 e. The molecule has 3 N–H and O–H groups in total. The van der Waals surface area contributed by atoms with Crippen LogP contribution in [0.25, 0.3) is 11.0 Å². The highest BCUT2D eigenvalue weighted by atomic mass is 16.5. The van der Waals surface area contributed by atoms with Crippen LogP contribution in [0.3, 0.4) is 0 Å². The van der Waals surface area contributed by atoms with Gasteiger partial charge in [0.25, 0.3) is 0 Å². The first-order valence-electron chi connectivity index (χ1n) is 9.39. The Bertz CT molecular complexity index is 984. The molecule has 3 aromatic rings. The van der Waals surface area contributed by atoms with Crippen LogP contribution < -0.4 is 5.32 Å². The number of amides is 1. The van der Waals surface area contributed by atoms with E-state index in [4.69, 9.17) is 9.15 Å². The number of hydrogen-bond donors (Lipinski definition) is 3. The summed E-state index contributed by atoms with van der Waals surface area (Å²) in [4.78, 5) is 12.5. The highest BCUT2D eigenvalue weighted by molar-refractivity contribution is 6.43. The van der Waals surface area contributed by atoms with Gasteiger partial charge in [-0.25, -0.2) is 0 Å². The molecule has 1 aliphatic heterocycles. The predicted molar refractivity (Wildman–Crippen MR) is 106 cm³/mol. The maximum absolute atomic E-state index is 12.5. The van der Waals surface area contributed by atoms with E-state index in [-0.39, 0.29) is 18.7 Å². The highest BCUT2D eigenvalue weighted by Crippen LogP contribution is 2.22. The average molecular weight is 379 g/mol. The second-order valence-corrected chi connectivity index (χ2v) is 7.13. The van der Waals surface area contributed by atoms with Crippen molar-refractivity contribution in [3.05, 3.63) is 71.0 Å². The molecular weight excluding hydrogens is 357 g/mol. The molecule has 1 amide bonds. The van der Waals surface area contributed by atoms with Crippen molar-refractivity contribution in [3.8, 4) is 0 Å². The van der Waals surface area contributed by atoms with Gasteiger partial charge in [-0.2, -0.15) is 0 Å². The van der Waals surface area contributed by atoms with E-state index in [9.17, 15) is 14.8 Å². The molecule has 1 aliphatic rings. The Morgan fingerprint density at radius 1 is 1.18 bits per heavy atom. The number of nitrogens with one attached hydrogen (secondary N) is 1. The third-order valence-electron chi connectivity index (χ3n) is 5.12. The van der Waals surface area contributed by atoms with Gasteiger partial charge < -0.3 is 24.5 Å². The first kappa shape index (κ1) is 18.7. The minimum atomic E-state index is -1.67. The van der Waals surface area contributed by atoms with Crippen molar-refractivity contribution in [2.24, 2.45) is 0 Å². The van der Waals surface area contributed by atoms with Crippen molar-refractivity contribution in [3.63, 3.8) is 0 Å². The Kier molecular flexibility index (Phi) is 5.48. The van der Waals surface area contributed by atoms with Crippen LogP contribution in [0, 0.1) is 0 Å². The number of hydrogen-bond acceptors (Lipinski definition) is 5. The minimum absolute atomic E-state index is 0.169. The summed E-state index contributed by atoms with van der Waals surface area (Å²) in [5.74, 6) is -1.09. The highest BCUT2D eigenvalue weighted by Gasteiger charge is 2.27. The quantitative estimate of drug-likeness (QED) is 0.568. The summed E-state index contributed by atoms with van der Waals surface area (Å²) in [6.07, 6.45) is 2.91. The lowest BCUT2D eigenvalue weighted by atomic mass is 9.75. The van der Waals surface area contributed by atoms with Gasteiger partial charge in [-0.15, -0.1) is 0 Å². The lowest BCUT2D eigenvalue weighted by Crippen LogP contribution is -2.48. The van der Waals surface area contributed by atoms with Gasteiger partial charge in [-0.1, -0.05) is 36.4 Å². The number of carbonyl (C=O) groups is 1. The number of furan rings is 1. The molecule has 7 heteroatoms. The minimum Gasteiger partial charge on any atom is -0.464 e. The third kappa shape index (κ3) is 4.12. The van der Waals surface area contributed by atoms with Crippen LogP contribution in [-0.4, -0.2) is 35.6 Å². The van der Waals surface area contributed by atoms with E-state index < -0.39 is 13.1 Å². The Morgan fingerprint density at radius 2 is 2.04 bits per heavy atom. The van der Waals surface area contributed by atoms with Gasteiger partial charge in [-0.05, 0) is 41.2 Å². The molecule has 0 radical (unpaired) electrons. The lowest BCUT2D eigenvalue weighted by Gasteiger charge is -2.19. The Morgan fingerprint density at radius 3 is 2.89 bits per heavy atom. The van der Waals surface area contributed by atoms with E-state index in [0.29, 0.717) is 6.61 Å². The zero-order chi connectivity index (χ0) is 19.5.